The fraction of sp³-hybridized carbons (Fsp3) is 0.882. The number of piperazine rings is 1. The molecule has 0 bridgehead atoms. The standard InChI is InChI=1S/C17H31N5O/c1-4-15-12-21(8-9-22(15)10-11-23-5-2)13-16-18-19-17(20(16)3)14-6-7-14/h14-15H,4-13H2,1-3H3/t15-/m0/s1. The molecule has 1 saturated carbocycles. The van der Waals surface area contributed by atoms with Gasteiger partial charge in [0.25, 0.3) is 0 Å². The Balaban J connectivity index is 1.53. The highest BCUT2D eigenvalue weighted by atomic mass is 16.5. The normalized spacial score (nSPS) is 23.5. The van der Waals surface area contributed by atoms with E-state index in [0.717, 1.165) is 51.8 Å². The third-order valence-electron chi connectivity index (χ3n) is 5.19. The van der Waals surface area contributed by atoms with E-state index in [4.69, 9.17) is 4.74 Å². The van der Waals surface area contributed by atoms with Crippen molar-refractivity contribution in [3.63, 3.8) is 0 Å². The third kappa shape index (κ3) is 4.11. The molecule has 1 atom stereocenters. The van der Waals surface area contributed by atoms with Gasteiger partial charge in [0, 0.05) is 51.8 Å². The molecule has 0 amide bonds. The van der Waals surface area contributed by atoms with E-state index in [1.54, 1.807) is 0 Å². The van der Waals surface area contributed by atoms with Gasteiger partial charge in [0.15, 0.2) is 0 Å². The Morgan fingerprint density at radius 2 is 2.00 bits per heavy atom. The van der Waals surface area contributed by atoms with Gasteiger partial charge >= 0.3 is 0 Å². The van der Waals surface area contributed by atoms with E-state index in [9.17, 15) is 0 Å². The van der Waals surface area contributed by atoms with Gasteiger partial charge in [-0.3, -0.25) is 9.80 Å². The quantitative estimate of drug-likeness (QED) is 0.681. The first kappa shape index (κ1) is 16.9. The van der Waals surface area contributed by atoms with Crippen molar-refractivity contribution in [3.8, 4) is 0 Å². The number of nitrogens with zero attached hydrogens (tertiary/aromatic N) is 5. The minimum atomic E-state index is 0.625. The molecule has 3 rings (SSSR count). The summed E-state index contributed by atoms with van der Waals surface area (Å²) in [5.74, 6) is 2.96. The molecule has 23 heavy (non-hydrogen) atoms. The van der Waals surface area contributed by atoms with Crippen LogP contribution in [0, 0.1) is 0 Å². The van der Waals surface area contributed by atoms with Gasteiger partial charge in [-0.15, -0.1) is 10.2 Å². The van der Waals surface area contributed by atoms with Crippen LogP contribution in [0.5, 0.6) is 0 Å². The molecule has 1 aliphatic heterocycles. The van der Waals surface area contributed by atoms with E-state index in [-0.39, 0.29) is 0 Å². The van der Waals surface area contributed by atoms with E-state index in [2.05, 4.69) is 45.5 Å². The molecule has 2 aliphatic rings. The fourth-order valence-electron chi connectivity index (χ4n) is 3.52. The van der Waals surface area contributed by atoms with Gasteiger partial charge in [-0.25, -0.2) is 0 Å². The summed E-state index contributed by atoms with van der Waals surface area (Å²) in [4.78, 5) is 5.12. The van der Waals surface area contributed by atoms with Gasteiger partial charge < -0.3 is 9.30 Å². The zero-order valence-corrected chi connectivity index (χ0v) is 14.9. The second-order valence-electron chi connectivity index (χ2n) is 6.84. The number of aromatic nitrogens is 3. The molecule has 1 aromatic heterocycles. The summed E-state index contributed by atoms with van der Waals surface area (Å²) >= 11 is 0. The van der Waals surface area contributed by atoms with Crippen molar-refractivity contribution in [2.24, 2.45) is 7.05 Å². The highest BCUT2D eigenvalue weighted by Crippen LogP contribution is 2.38. The molecule has 0 aromatic carbocycles. The van der Waals surface area contributed by atoms with E-state index in [0.29, 0.717) is 12.0 Å². The van der Waals surface area contributed by atoms with Crippen LogP contribution >= 0.6 is 0 Å². The lowest BCUT2D eigenvalue weighted by Gasteiger charge is -2.41. The Bertz CT molecular complexity index is 499. The largest absolute Gasteiger partial charge is 0.380 e. The maximum atomic E-state index is 5.52. The average Bonchev–Trinajstić information content (AvgIpc) is 3.34. The van der Waals surface area contributed by atoms with Crippen molar-refractivity contribution in [1.82, 2.24) is 24.6 Å². The van der Waals surface area contributed by atoms with Crippen LogP contribution in [-0.4, -0.2) is 70.0 Å². The molecule has 1 aromatic rings. The lowest BCUT2D eigenvalue weighted by atomic mass is 10.1. The van der Waals surface area contributed by atoms with Gasteiger partial charge in [0.05, 0.1) is 13.2 Å². The number of hydrogen-bond acceptors (Lipinski definition) is 5. The fourth-order valence-corrected chi connectivity index (χ4v) is 3.52. The maximum Gasteiger partial charge on any atom is 0.146 e. The van der Waals surface area contributed by atoms with Gasteiger partial charge in [-0.05, 0) is 26.2 Å². The summed E-state index contributed by atoms with van der Waals surface area (Å²) in [6.07, 6.45) is 3.75. The number of rotatable bonds is 8. The highest BCUT2D eigenvalue weighted by molar-refractivity contribution is 5.07. The van der Waals surface area contributed by atoms with Crippen LogP contribution in [-0.2, 0) is 18.3 Å². The minimum Gasteiger partial charge on any atom is -0.380 e. The first-order valence-electron chi connectivity index (χ1n) is 9.15. The monoisotopic (exact) mass is 321 g/mol. The molecule has 130 valence electrons. The van der Waals surface area contributed by atoms with Gasteiger partial charge in [0.2, 0.25) is 0 Å². The molecule has 1 aliphatic carbocycles. The van der Waals surface area contributed by atoms with E-state index in [1.165, 1.54) is 25.1 Å². The average molecular weight is 321 g/mol. The first-order chi connectivity index (χ1) is 11.2. The van der Waals surface area contributed by atoms with Crippen molar-refractivity contribution >= 4 is 0 Å². The first-order valence-corrected chi connectivity index (χ1v) is 9.15. The zero-order valence-electron chi connectivity index (χ0n) is 14.9. The van der Waals surface area contributed by atoms with Crippen LogP contribution in [0.25, 0.3) is 0 Å². The van der Waals surface area contributed by atoms with Crippen molar-refractivity contribution in [2.45, 2.75) is 51.6 Å². The Labute approximate surface area is 139 Å². The lowest BCUT2D eigenvalue weighted by molar-refractivity contribution is 0.0373. The van der Waals surface area contributed by atoms with Crippen LogP contribution in [0.3, 0.4) is 0 Å². The van der Waals surface area contributed by atoms with E-state index >= 15 is 0 Å². The molecule has 2 fully saturated rings. The third-order valence-corrected chi connectivity index (χ3v) is 5.19. The van der Waals surface area contributed by atoms with Crippen LogP contribution in [0.2, 0.25) is 0 Å². The summed E-state index contributed by atoms with van der Waals surface area (Å²) in [6.45, 7) is 11.3. The molecule has 0 N–H and O–H groups in total. The predicted molar refractivity (Wildman–Crippen MR) is 90.4 cm³/mol. The van der Waals surface area contributed by atoms with Crippen molar-refractivity contribution < 1.29 is 4.74 Å². The summed E-state index contributed by atoms with van der Waals surface area (Å²) < 4.78 is 7.74. The Kier molecular flexibility index (Phi) is 5.67. The molecule has 0 unspecified atom stereocenters. The molecule has 6 heteroatoms. The second-order valence-corrected chi connectivity index (χ2v) is 6.84. The Morgan fingerprint density at radius 3 is 2.70 bits per heavy atom. The van der Waals surface area contributed by atoms with Crippen molar-refractivity contribution in [3.05, 3.63) is 11.6 Å². The topological polar surface area (TPSA) is 46.4 Å². The summed E-state index contributed by atoms with van der Waals surface area (Å²) in [5, 5.41) is 8.85. The van der Waals surface area contributed by atoms with Gasteiger partial charge in [0.1, 0.15) is 11.6 Å². The van der Waals surface area contributed by atoms with Gasteiger partial charge in [-0.1, -0.05) is 6.92 Å². The number of hydrogen-bond donors (Lipinski definition) is 0. The van der Waals surface area contributed by atoms with E-state index in [1.807, 2.05) is 0 Å². The zero-order chi connectivity index (χ0) is 16.2. The van der Waals surface area contributed by atoms with Crippen LogP contribution in [0.4, 0.5) is 0 Å². The molecule has 1 saturated heterocycles. The summed E-state index contributed by atoms with van der Waals surface area (Å²) in [5.41, 5.74) is 0. The van der Waals surface area contributed by atoms with Crippen LogP contribution < -0.4 is 0 Å². The number of ether oxygens (including phenoxy) is 1. The summed E-state index contributed by atoms with van der Waals surface area (Å²) in [6, 6.07) is 0.625. The predicted octanol–water partition coefficient (Wildman–Crippen LogP) is 1.63. The van der Waals surface area contributed by atoms with Crippen LogP contribution in [0.15, 0.2) is 0 Å². The van der Waals surface area contributed by atoms with Crippen LogP contribution in [0.1, 0.15) is 50.7 Å². The van der Waals surface area contributed by atoms with Crippen molar-refractivity contribution in [2.75, 3.05) is 39.4 Å². The van der Waals surface area contributed by atoms with E-state index < -0.39 is 0 Å². The van der Waals surface area contributed by atoms with Crippen molar-refractivity contribution in [1.29, 1.82) is 0 Å². The lowest BCUT2D eigenvalue weighted by Crippen LogP contribution is -2.53. The molecular formula is C17H31N5O. The minimum absolute atomic E-state index is 0.625. The maximum absolute atomic E-state index is 5.52. The molecular weight excluding hydrogens is 290 g/mol. The molecule has 6 nitrogen and oxygen atoms in total. The molecule has 2 heterocycles. The van der Waals surface area contributed by atoms with Gasteiger partial charge in [-0.2, -0.15) is 0 Å². The Hall–Kier alpha value is -0.980. The smallest absolute Gasteiger partial charge is 0.146 e. The second kappa shape index (κ2) is 7.73. The molecule has 0 radical (unpaired) electrons. The molecule has 0 spiro atoms. The Morgan fingerprint density at radius 1 is 1.17 bits per heavy atom. The highest BCUT2D eigenvalue weighted by Gasteiger charge is 2.30. The summed E-state index contributed by atoms with van der Waals surface area (Å²) in [7, 11) is 2.12. The SMILES string of the molecule is CCOCCN1CCN(Cc2nnc(C3CC3)n2C)C[C@@H]1CC.